The van der Waals surface area contributed by atoms with Crippen LogP contribution in [0.3, 0.4) is 0 Å². The Balaban J connectivity index is 1.51. The number of rotatable bonds is 4. The van der Waals surface area contributed by atoms with Crippen LogP contribution in [-0.2, 0) is 6.42 Å². The van der Waals surface area contributed by atoms with E-state index in [2.05, 4.69) is 46.3 Å². The number of hydrogen-bond donors (Lipinski definition) is 1. The van der Waals surface area contributed by atoms with Crippen molar-refractivity contribution in [1.82, 2.24) is 9.88 Å². The summed E-state index contributed by atoms with van der Waals surface area (Å²) in [5.74, 6) is 1.52. The number of nitriles is 1. The van der Waals surface area contributed by atoms with E-state index in [-0.39, 0.29) is 0 Å². The van der Waals surface area contributed by atoms with E-state index in [0.717, 1.165) is 67.2 Å². The minimum Gasteiger partial charge on any atom is -0.495 e. The van der Waals surface area contributed by atoms with Gasteiger partial charge in [-0.3, -0.25) is 0 Å². The Bertz CT molecular complexity index is 1170. The van der Waals surface area contributed by atoms with E-state index in [9.17, 15) is 5.26 Å². The molecule has 1 fully saturated rings. The summed E-state index contributed by atoms with van der Waals surface area (Å²) in [7, 11) is 1.65. The van der Waals surface area contributed by atoms with Gasteiger partial charge in [0.05, 0.1) is 23.9 Å². The third kappa shape index (κ3) is 4.61. The first-order chi connectivity index (χ1) is 15.6. The second kappa shape index (κ2) is 9.84. The molecule has 4 rings (SSSR count). The number of hydrogen-bond acceptors (Lipinski definition) is 5. The predicted octanol–water partition coefficient (Wildman–Crippen LogP) is 4.59. The van der Waals surface area contributed by atoms with Gasteiger partial charge in [0.25, 0.3) is 0 Å². The third-order valence-corrected chi connectivity index (χ3v) is 6.18. The van der Waals surface area contributed by atoms with Gasteiger partial charge in [-0.25, -0.2) is 4.98 Å². The number of methoxy groups -OCH3 is 1. The van der Waals surface area contributed by atoms with Gasteiger partial charge in [-0.05, 0) is 61.0 Å². The second-order valence-corrected chi connectivity index (χ2v) is 8.20. The first-order valence-electron chi connectivity index (χ1n) is 10.9. The van der Waals surface area contributed by atoms with Gasteiger partial charge in [0, 0.05) is 31.6 Å². The topological polar surface area (TPSA) is 64.4 Å². The Morgan fingerprint density at radius 3 is 2.78 bits per heavy atom. The summed E-state index contributed by atoms with van der Waals surface area (Å²) in [6, 6.07) is 18.4. The molecule has 2 aromatic carbocycles. The summed E-state index contributed by atoms with van der Waals surface area (Å²) in [6.45, 7) is 5.29. The van der Waals surface area contributed by atoms with Crippen molar-refractivity contribution in [2.45, 2.75) is 19.8 Å². The molecule has 3 aromatic rings. The quantitative estimate of drug-likeness (QED) is 0.590. The highest BCUT2D eigenvalue weighted by atomic mass is 32.1. The van der Waals surface area contributed by atoms with Crippen molar-refractivity contribution in [2.24, 2.45) is 0 Å². The van der Waals surface area contributed by atoms with E-state index in [1.807, 2.05) is 30.3 Å². The zero-order valence-electron chi connectivity index (χ0n) is 18.5. The lowest BCUT2D eigenvalue weighted by atomic mass is 10.1. The lowest BCUT2D eigenvalue weighted by Crippen LogP contribution is -2.38. The molecule has 0 atom stereocenters. The number of anilines is 2. The van der Waals surface area contributed by atoms with Crippen molar-refractivity contribution < 1.29 is 4.74 Å². The third-order valence-electron chi connectivity index (χ3n) is 5.82. The summed E-state index contributed by atoms with van der Waals surface area (Å²) in [4.78, 5) is 9.24. The minimum atomic E-state index is 0.619. The van der Waals surface area contributed by atoms with Crippen molar-refractivity contribution in [2.75, 3.05) is 43.5 Å². The van der Waals surface area contributed by atoms with Gasteiger partial charge in [0.1, 0.15) is 17.6 Å². The molecule has 6 nitrogen and oxygen atoms in total. The number of para-hydroxylation sites is 2. The molecule has 1 aromatic heterocycles. The van der Waals surface area contributed by atoms with E-state index < -0.39 is 0 Å². The number of aryl methyl sites for hydroxylation is 1. The normalized spacial score (nSPS) is 14.0. The van der Waals surface area contributed by atoms with Crippen LogP contribution in [0.15, 0.2) is 48.5 Å². The molecule has 2 heterocycles. The Labute approximate surface area is 194 Å². The van der Waals surface area contributed by atoms with Gasteiger partial charge in [-0.15, -0.1) is 0 Å². The summed E-state index contributed by atoms with van der Waals surface area (Å²) in [6.07, 6.45) is 1.89. The molecule has 1 aliphatic heterocycles. The Hall–Kier alpha value is -3.37. The van der Waals surface area contributed by atoms with Crippen LogP contribution in [0.4, 0.5) is 11.5 Å². The van der Waals surface area contributed by atoms with E-state index in [4.69, 9.17) is 21.9 Å². The van der Waals surface area contributed by atoms with E-state index in [1.165, 1.54) is 5.56 Å². The van der Waals surface area contributed by atoms with Crippen LogP contribution in [-0.4, -0.2) is 48.3 Å². The molecule has 0 aliphatic carbocycles. The minimum absolute atomic E-state index is 0.619. The Kier molecular flexibility index (Phi) is 6.72. The van der Waals surface area contributed by atoms with Crippen LogP contribution in [0.2, 0.25) is 0 Å². The van der Waals surface area contributed by atoms with Gasteiger partial charge in [0.15, 0.2) is 5.11 Å². The number of ether oxygens (including phenoxy) is 1. The Morgan fingerprint density at radius 2 is 2.00 bits per heavy atom. The predicted molar refractivity (Wildman–Crippen MR) is 133 cm³/mol. The average molecular weight is 446 g/mol. The van der Waals surface area contributed by atoms with Crippen LogP contribution in [0.1, 0.15) is 24.5 Å². The maximum Gasteiger partial charge on any atom is 0.173 e. The van der Waals surface area contributed by atoms with Gasteiger partial charge in [0.2, 0.25) is 0 Å². The van der Waals surface area contributed by atoms with Crippen molar-refractivity contribution in [3.63, 3.8) is 0 Å². The summed E-state index contributed by atoms with van der Waals surface area (Å²) < 4.78 is 5.42. The SMILES string of the molecule is CCc1ccc2nc(N3CCCN(C(=S)Nc4ccccc4OC)CC3)c(C#N)cc2c1. The smallest absolute Gasteiger partial charge is 0.173 e. The van der Waals surface area contributed by atoms with Crippen LogP contribution < -0.4 is 15.0 Å². The van der Waals surface area contributed by atoms with Crippen LogP contribution in [0.5, 0.6) is 5.75 Å². The number of thiocarbonyl (C=S) groups is 1. The molecule has 0 unspecified atom stereocenters. The van der Waals surface area contributed by atoms with Crippen LogP contribution in [0, 0.1) is 11.3 Å². The van der Waals surface area contributed by atoms with Gasteiger partial charge < -0.3 is 19.9 Å². The molecule has 0 bridgehead atoms. The molecular formula is C25H27N5OS. The van der Waals surface area contributed by atoms with Gasteiger partial charge >= 0.3 is 0 Å². The standard InChI is InChI=1S/C25H27N5OS/c1-3-18-9-10-21-19(15-18)16-20(17-26)24(27-21)29-11-6-12-30(14-13-29)25(32)28-22-7-4-5-8-23(22)31-2/h4-5,7-10,15-16H,3,6,11-14H2,1-2H3,(H,28,32). The number of aromatic nitrogens is 1. The lowest BCUT2D eigenvalue weighted by Gasteiger charge is -2.26. The Morgan fingerprint density at radius 1 is 1.16 bits per heavy atom. The zero-order chi connectivity index (χ0) is 22.5. The van der Waals surface area contributed by atoms with Crippen molar-refractivity contribution in [1.29, 1.82) is 5.26 Å². The number of benzene rings is 2. The number of nitrogens with one attached hydrogen (secondary N) is 1. The fourth-order valence-electron chi connectivity index (χ4n) is 4.03. The first kappa shape index (κ1) is 21.8. The van der Waals surface area contributed by atoms with Crippen molar-refractivity contribution in [3.05, 3.63) is 59.7 Å². The monoisotopic (exact) mass is 445 g/mol. The average Bonchev–Trinajstić information content (AvgIpc) is 3.09. The molecule has 0 amide bonds. The molecule has 1 N–H and O–H groups in total. The van der Waals surface area contributed by atoms with E-state index in [1.54, 1.807) is 7.11 Å². The van der Waals surface area contributed by atoms with E-state index >= 15 is 0 Å². The van der Waals surface area contributed by atoms with E-state index in [0.29, 0.717) is 10.7 Å². The molecule has 0 saturated carbocycles. The summed E-state index contributed by atoms with van der Waals surface area (Å²) in [5.41, 5.74) is 3.65. The van der Waals surface area contributed by atoms with Gasteiger partial charge in [-0.2, -0.15) is 5.26 Å². The number of pyridine rings is 1. The number of nitrogens with zero attached hydrogens (tertiary/aromatic N) is 4. The van der Waals surface area contributed by atoms with Crippen molar-refractivity contribution >= 4 is 39.7 Å². The molecule has 164 valence electrons. The molecule has 32 heavy (non-hydrogen) atoms. The largest absolute Gasteiger partial charge is 0.495 e. The fourth-order valence-corrected chi connectivity index (χ4v) is 4.33. The molecule has 1 aliphatic rings. The zero-order valence-corrected chi connectivity index (χ0v) is 19.3. The molecule has 0 radical (unpaired) electrons. The van der Waals surface area contributed by atoms with Crippen molar-refractivity contribution in [3.8, 4) is 11.8 Å². The second-order valence-electron chi connectivity index (χ2n) is 7.81. The molecular weight excluding hydrogens is 418 g/mol. The molecule has 7 heteroatoms. The number of fused-ring (bicyclic) bond motifs is 1. The molecule has 1 saturated heterocycles. The highest BCUT2D eigenvalue weighted by Crippen LogP contribution is 2.26. The highest BCUT2D eigenvalue weighted by molar-refractivity contribution is 7.80. The molecule has 0 spiro atoms. The maximum atomic E-state index is 9.79. The lowest BCUT2D eigenvalue weighted by molar-refractivity contribution is 0.416. The summed E-state index contributed by atoms with van der Waals surface area (Å²) >= 11 is 5.69. The van der Waals surface area contributed by atoms with Crippen LogP contribution in [0.25, 0.3) is 10.9 Å². The first-order valence-corrected chi connectivity index (χ1v) is 11.3. The van der Waals surface area contributed by atoms with Gasteiger partial charge in [-0.1, -0.05) is 25.1 Å². The van der Waals surface area contributed by atoms with Crippen LogP contribution >= 0.6 is 12.2 Å². The fraction of sp³-hybridized carbons (Fsp3) is 0.320. The highest BCUT2D eigenvalue weighted by Gasteiger charge is 2.21. The maximum absolute atomic E-state index is 9.79. The summed E-state index contributed by atoms with van der Waals surface area (Å²) in [5, 5.41) is 14.8.